The fraction of sp³-hybridized carbons (Fsp3) is 0.391. The third kappa shape index (κ3) is 5.96. The molecule has 0 bridgehead atoms. The number of halogens is 3. The van der Waals surface area contributed by atoms with Crippen LogP contribution >= 0.6 is 23.2 Å². The molecule has 30 heavy (non-hydrogen) atoms. The highest BCUT2D eigenvalue weighted by Gasteiger charge is 2.28. The predicted octanol–water partition coefficient (Wildman–Crippen LogP) is 5.15. The molecule has 1 saturated carbocycles. The number of rotatable bonds is 7. The van der Waals surface area contributed by atoms with Gasteiger partial charge >= 0.3 is 0 Å². The molecular formula is C23H25Cl2FN2O2. The van der Waals surface area contributed by atoms with Crippen LogP contribution in [-0.2, 0) is 22.6 Å². The Morgan fingerprint density at radius 1 is 1.07 bits per heavy atom. The number of hydrogen-bond donors (Lipinski definition) is 1. The number of amides is 2. The lowest BCUT2D eigenvalue weighted by Gasteiger charge is -2.30. The van der Waals surface area contributed by atoms with Crippen molar-refractivity contribution in [3.63, 3.8) is 0 Å². The molecule has 0 heterocycles. The SMILES string of the molecule is C[C@H](C(=O)NC1CCCC1)N(Cc1ccc(Cl)c(Cl)c1)C(=O)Cc1ccc(F)cc1. The number of benzene rings is 2. The van der Waals surface area contributed by atoms with Crippen LogP contribution in [0.4, 0.5) is 4.39 Å². The maximum Gasteiger partial charge on any atom is 0.242 e. The molecule has 2 aromatic carbocycles. The first kappa shape index (κ1) is 22.6. The topological polar surface area (TPSA) is 49.4 Å². The molecule has 3 rings (SSSR count). The van der Waals surface area contributed by atoms with Crippen LogP contribution in [0.3, 0.4) is 0 Å². The molecule has 0 radical (unpaired) electrons. The minimum atomic E-state index is -0.659. The summed E-state index contributed by atoms with van der Waals surface area (Å²) < 4.78 is 13.2. The fourth-order valence-electron chi connectivity index (χ4n) is 3.69. The summed E-state index contributed by atoms with van der Waals surface area (Å²) in [4.78, 5) is 27.5. The van der Waals surface area contributed by atoms with Gasteiger partial charge in [0.1, 0.15) is 11.9 Å². The van der Waals surface area contributed by atoms with Gasteiger partial charge in [-0.15, -0.1) is 0 Å². The standard InChI is InChI=1S/C23H25Cl2FN2O2/c1-15(23(30)27-19-4-2-3-5-19)28(14-17-8-11-20(24)21(25)12-17)22(29)13-16-6-9-18(26)10-7-16/h6-12,15,19H,2-5,13-14H2,1H3,(H,27,30)/t15-/m1/s1. The van der Waals surface area contributed by atoms with Gasteiger partial charge in [-0.3, -0.25) is 9.59 Å². The van der Waals surface area contributed by atoms with Crippen molar-refractivity contribution in [3.05, 3.63) is 69.5 Å². The average molecular weight is 451 g/mol. The van der Waals surface area contributed by atoms with Crippen LogP contribution < -0.4 is 5.32 Å². The zero-order chi connectivity index (χ0) is 21.7. The predicted molar refractivity (Wildman–Crippen MR) is 117 cm³/mol. The van der Waals surface area contributed by atoms with Gasteiger partial charge in [0.15, 0.2) is 0 Å². The second-order valence-corrected chi connectivity index (χ2v) is 8.55. The van der Waals surface area contributed by atoms with E-state index in [1.807, 2.05) is 0 Å². The van der Waals surface area contributed by atoms with E-state index in [9.17, 15) is 14.0 Å². The van der Waals surface area contributed by atoms with E-state index in [0.29, 0.717) is 15.6 Å². The van der Waals surface area contributed by atoms with Crippen LogP contribution in [0.5, 0.6) is 0 Å². The fourth-order valence-corrected chi connectivity index (χ4v) is 4.01. The molecule has 1 fully saturated rings. The molecule has 1 aliphatic rings. The largest absolute Gasteiger partial charge is 0.352 e. The number of carbonyl (C=O) groups is 2. The van der Waals surface area contributed by atoms with E-state index in [0.717, 1.165) is 31.2 Å². The van der Waals surface area contributed by atoms with Gasteiger partial charge in [-0.1, -0.05) is 54.2 Å². The summed E-state index contributed by atoms with van der Waals surface area (Å²) in [6.45, 7) is 1.94. The molecule has 7 heteroatoms. The first-order valence-corrected chi connectivity index (χ1v) is 10.9. The molecule has 0 aromatic heterocycles. The van der Waals surface area contributed by atoms with Gasteiger partial charge in [0.25, 0.3) is 0 Å². The molecule has 1 atom stereocenters. The molecule has 2 amide bonds. The Kier molecular flexibility index (Phi) is 7.73. The Balaban J connectivity index is 1.78. The van der Waals surface area contributed by atoms with Gasteiger partial charge in [-0.2, -0.15) is 0 Å². The Morgan fingerprint density at radius 2 is 1.70 bits per heavy atom. The van der Waals surface area contributed by atoms with E-state index in [-0.39, 0.29) is 36.6 Å². The molecule has 1 aliphatic carbocycles. The summed E-state index contributed by atoms with van der Waals surface area (Å²) in [5.41, 5.74) is 1.46. The Labute approximate surface area is 186 Å². The number of nitrogens with zero attached hydrogens (tertiary/aromatic N) is 1. The van der Waals surface area contributed by atoms with E-state index >= 15 is 0 Å². The molecule has 4 nitrogen and oxygen atoms in total. The van der Waals surface area contributed by atoms with Crippen LogP contribution in [0.25, 0.3) is 0 Å². The van der Waals surface area contributed by atoms with E-state index in [1.165, 1.54) is 17.0 Å². The Bertz CT molecular complexity index is 899. The highest BCUT2D eigenvalue weighted by atomic mass is 35.5. The van der Waals surface area contributed by atoms with Gasteiger partial charge in [0.05, 0.1) is 16.5 Å². The van der Waals surface area contributed by atoms with Crippen LogP contribution in [0.1, 0.15) is 43.7 Å². The van der Waals surface area contributed by atoms with Gasteiger partial charge in [-0.25, -0.2) is 4.39 Å². The lowest BCUT2D eigenvalue weighted by molar-refractivity contribution is -0.140. The van der Waals surface area contributed by atoms with Gasteiger partial charge in [-0.05, 0) is 55.2 Å². The Morgan fingerprint density at radius 3 is 2.33 bits per heavy atom. The van der Waals surface area contributed by atoms with Crippen molar-refractivity contribution in [1.82, 2.24) is 10.2 Å². The number of hydrogen-bond acceptors (Lipinski definition) is 2. The van der Waals surface area contributed by atoms with Crippen molar-refractivity contribution in [1.29, 1.82) is 0 Å². The first-order chi connectivity index (χ1) is 14.3. The third-order valence-electron chi connectivity index (χ3n) is 5.47. The summed E-state index contributed by atoms with van der Waals surface area (Å²) in [6, 6.07) is 10.5. The van der Waals surface area contributed by atoms with Crippen LogP contribution in [-0.4, -0.2) is 28.8 Å². The second-order valence-electron chi connectivity index (χ2n) is 7.74. The molecule has 0 aliphatic heterocycles. The number of nitrogens with one attached hydrogen (secondary N) is 1. The minimum Gasteiger partial charge on any atom is -0.352 e. The summed E-state index contributed by atoms with van der Waals surface area (Å²) in [6.07, 6.45) is 4.22. The van der Waals surface area contributed by atoms with E-state index in [2.05, 4.69) is 5.32 Å². The zero-order valence-electron chi connectivity index (χ0n) is 16.8. The number of carbonyl (C=O) groups excluding carboxylic acids is 2. The quantitative estimate of drug-likeness (QED) is 0.633. The molecule has 0 unspecified atom stereocenters. The Hall–Kier alpha value is -2.11. The maximum absolute atomic E-state index is 13.2. The van der Waals surface area contributed by atoms with E-state index in [1.54, 1.807) is 37.3 Å². The average Bonchev–Trinajstić information content (AvgIpc) is 3.23. The molecule has 0 saturated heterocycles. The maximum atomic E-state index is 13.2. The third-order valence-corrected chi connectivity index (χ3v) is 6.21. The monoisotopic (exact) mass is 450 g/mol. The first-order valence-electron chi connectivity index (χ1n) is 10.1. The summed E-state index contributed by atoms with van der Waals surface area (Å²) in [5.74, 6) is -0.751. The van der Waals surface area contributed by atoms with Gasteiger partial charge in [0.2, 0.25) is 11.8 Å². The van der Waals surface area contributed by atoms with Crippen molar-refractivity contribution < 1.29 is 14.0 Å². The van der Waals surface area contributed by atoms with Crippen molar-refractivity contribution in [2.45, 2.75) is 57.7 Å². The zero-order valence-corrected chi connectivity index (χ0v) is 18.3. The van der Waals surface area contributed by atoms with Crippen molar-refractivity contribution in [2.24, 2.45) is 0 Å². The molecule has 0 spiro atoms. The van der Waals surface area contributed by atoms with Crippen LogP contribution in [0, 0.1) is 5.82 Å². The van der Waals surface area contributed by atoms with Gasteiger partial charge in [0, 0.05) is 12.6 Å². The second kappa shape index (κ2) is 10.3. The molecular weight excluding hydrogens is 426 g/mol. The van der Waals surface area contributed by atoms with Crippen molar-refractivity contribution in [3.8, 4) is 0 Å². The molecule has 1 N–H and O–H groups in total. The smallest absolute Gasteiger partial charge is 0.242 e. The van der Waals surface area contributed by atoms with Gasteiger partial charge < -0.3 is 10.2 Å². The molecule has 160 valence electrons. The van der Waals surface area contributed by atoms with Crippen molar-refractivity contribution >= 4 is 35.0 Å². The summed E-state index contributed by atoms with van der Waals surface area (Å²) >= 11 is 12.1. The normalized spacial score (nSPS) is 15.1. The summed E-state index contributed by atoms with van der Waals surface area (Å²) in [5, 5.41) is 3.88. The van der Waals surface area contributed by atoms with Crippen LogP contribution in [0.15, 0.2) is 42.5 Å². The molecule has 2 aromatic rings. The lowest BCUT2D eigenvalue weighted by atomic mass is 10.1. The van der Waals surface area contributed by atoms with E-state index in [4.69, 9.17) is 23.2 Å². The highest BCUT2D eigenvalue weighted by Crippen LogP contribution is 2.24. The summed E-state index contributed by atoms with van der Waals surface area (Å²) in [7, 11) is 0. The minimum absolute atomic E-state index is 0.0721. The van der Waals surface area contributed by atoms with E-state index < -0.39 is 6.04 Å². The highest BCUT2D eigenvalue weighted by molar-refractivity contribution is 6.42. The van der Waals surface area contributed by atoms with Crippen LogP contribution in [0.2, 0.25) is 10.0 Å². The van der Waals surface area contributed by atoms with Crippen molar-refractivity contribution in [2.75, 3.05) is 0 Å². The lowest BCUT2D eigenvalue weighted by Crippen LogP contribution is -2.50.